The molecule has 2 aromatic rings. The number of hydrogen-bond donors (Lipinski definition) is 1. The minimum Gasteiger partial charge on any atom is -0.388 e. The molecule has 0 spiro atoms. The van der Waals surface area contributed by atoms with E-state index in [4.69, 9.17) is 16.7 Å². The number of nitro groups is 1. The summed E-state index contributed by atoms with van der Waals surface area (Å²) in [4.78, 5) is 14.4. The maximum atomic E-state index is 10.9. The topological polar surface area (TPSA) is 81.2 Å². The SMILES string of the molecule is O=[N+]([O-])c1cc(Cl)ccc1Cn1ccnc1CO. The Bertz CT molecular complexity index is 583. The van der Waals surface area contributed by atoms with E-state index in [-0.39, 0.29) is 18.8 Å². The van der Waals surface area contributed by atoms with Gasteiger partial charge in [-0.05, 0) is 12.1 Å². The maximum absolute atomic E-state index is 10.9. The van der Waals surface area contributed by atoms with Gasteiger partial charge in [-0.1, -0.05) is 11.6 Å². The number of nitro benzene ring substituents is 1. The van der Waals surface area contributed by atoms with Gasteiger partial charge in [-0.15, -0.1) is 0 Å². The lowest BCUT2D eigenvalue weighted by atomic mass is 10.2. The first-order valence-electron chi connectivity index (χ1n) is 5.15. The Labute approximate surface area is 108 Å². The summed E-state index contributed by atoms with van der Waals surface area (Å²) in [6.07, 6.45) is 3.19. The second-order valence-corrected chi connectivity index (χ2v) is 4.10. The quantitative estimate of drug-likeness (QED) is 0.678. The van der Waals surface area contributed by atoms with Gasteiger partial charge < -0.3 is 9.67 Å². The number of aromatic nitrogens is 2. The van der Waals surface area contributed by atoms with Gasteiger partial charge in [-0.2, -0.15) is 0 Å². The Balaban J connectivity index is 2.37. The van der Waals surface area contributed by atoms with Gasteiger partial charge >= 0.3 is 0 Å². The Morgan fingerprint density at radius 3 is 2.94 bits per heavy atom. The van der Waals surface area contributed by atoms with Gasteiger partial charge in [0.1, 0.15) is 12.4 Å². The second-order valence-electron chi connectivity index (χ2n) is 3.66. The van der Waals surface area contributed by atoms with Gasteiger partial charge in [-0.25, -0.2) is 4.98 Å². The minimum absolute atomic E-state index is 0.0416. The van der Waals surface area contributed by atoms with Crippen LogP contribution in [-0.4, -0.2) is 19.6 Å². The van der Waals surface area contributed by atoms with E-state index in [0.717, 1.165) is 0 Å². The van der Waals surface area contributed by atoms with Crippen molar-refractivity contribution in [3.63, 3.8) is 0 Å². The largest absolute Gasteiger partial charge is 0.388 e. The highest BCUT2D eigenvalue weighted by atomic mass is 35.5. The van der Waals surface area contributed by atoms with Crippen molar-refractivity contribution in [2.45, 2.75) is 13.2 Å². The molecule has 0 aliphatic heterocycles. The number of halogens is 1. The Morgan fingerprint density at radius 2 is 2.28 bits per heavy atom. The molecule has 0 atom stereocenters. The smallest absolute Gasteiger partial charge is 0.275 e. The summed E-state index contributed by atoms with van der Waals surface area (Å²) in [7, 11) is 0. The molecule has 0 saturated carbocycles. The van der Waals surface area contributed by atoms with Crippen LogP contribution in [0.5, 0.6) is 0 Å². The first-order valence-corrected chi connectivity index (χ1v) is 5.53. The van der Waals surface area contributed by atoms with Crippen LogP contribution < -0.4 is 0 Å². The standard InChI is InChI=1S/C11H10ClN3O3/c12-9-2-1-8(10(5-9)15(17)18)6-14-4-3-13-11(14)7-16/h1-5,16H,6-7H2. The van der Waals surface area contributed by atoms with Crippen molar-refractivity contribution in [1.29, 1.82) is 0 Å². The third kappa shape index (κ3) is 2.49. The lowest BCUT2D eigenvalue weighted by Gasteiger charge is -2.07. The normalized spacial score (nSPS) is 10.6. The molecule has 0 bridgehead atoms. The van der Waals surface area contributed by atoms with Gasteiger partial charge in [0.05, 0.1) is 11.5 Å². The molecule has 18 heavy (non-hydrogen) atoms. The van der Waals surface area contributed by atoms with Gasteiger partial charge in [0.25, 0.3) is 5.69 Å². The van der Waals surface area contributed by atoms with Crippen LogP contribution >= 0.6 is 11.6 Å². The predicted molar refractivity (Wildman–Crippen MR) is 65.4 cm³/mol. The monoisotopic (exact) mass is 267 g/mol. The summed E-state index contributed by atoms with van der Waals surface area (Å²) in [5.74, 6) is 0.458. The van der Waals surface area contributed by atoms with Gasteiger partial charge in [-0.3, -0.25) is 10.1 Å². The van der Waals surface area contributed by atoms with E-state index in [9.17, 15) is 10.1 Å². The molecule has 0 amide bonds. The first kappa shape index (κ1) is 12.5. The first-order chi connectivity index (χ1) is 8.61. The molecule has 7 heteroatoms. The van der Waals surface area contributed by atoms with Crippen molar-refractivity contribution in [1.82, 2.24) is 9.55 Å². The number of imidazole rings is 1. The van der Waals surface area contributed by atoms with Crippen LogP contribution in [0.4, 0.5) is 5.69 Å². The van der Waals surface area contributed by atoms with Crippen LogP contribution in [0.25, 0.3) is 0 Å². The van der Waals surface area contributed by atoms with Crippen molar-refractivity contribution >= 4 is 17.3 Å². The number of rotatable bonds is 4. The third-order valence-electron chi connectivity index (χ3n) is 2.53. The van der Waals surface area contributed by atoms with Crippen LogP contribution in [0.3, 0.4) is 0 Å². The van der Waals surface area contributed by atoms with E-state index in [0.29, 0.717) is 16.4 Å². The van der Waals surface area contributed by atoms with Crippen LogP contribution in [0.2, 0.25) is 5.02 Å². The molecule has 0 aliphatic rings. The molecule has 0 unspecified atom stereocenters. The van der Waals surface area contributed by atoms with Crippen molar-refractivity contribution < 1.29 is 10.0 Å². The zero-order valence-electron chi connectivity index (χ0n) is 9.28. The van der Waals surface area contributed by atoms with Crippen molar-refractivity contribution in [2.75, 3.05) is 0 Å². The molecule has 1 aromatic heterocycles. The van der Waals surface area contributed by atoms with E-state index >= 15 is 0 Å². The Kier molecular flexibility index (Phi) is 3.59. The number of hydrogen-bond acceptors (Lipinski definition) is 4. The van der Waals surface area contributed by atoms with E-state index in [1.807, 2.05) is 0 Å². The summed E-state index contributed by atoms with van der Waals surface area (Å²) in [6.45, 7) is 0.0533. The highest BCUT2D eigenvalue weighted by Crippen LogP contribution is 2.24. The fourth-order valence-electron chi connectivity index (χ4n) is 1.66. The van der Waals surface area contributed by atoms with Crippen molar-refractivity contribution in [2.24, 2.45) is 0 Å². The van der Waals surface area contributed by atoms with Crippen LogP contribution in [-0.2, 0) is 13.2 Å². The summed E-state index contributed by atoms with van der Waals surface area (Å²) in [5, 5.41) is 20.3. The van der Waals surface area contributed by atoms with Gasteiger partial charge in [0, 0.05) is 29.0 Å². The molecule has 0 aliphatic carbocycles. The molecule has 0 radical (unpaired) electrons. The average Bonchev–Trinajstić information content (AvgIpc) is 2.78. The molecule has 6 nitrogen and oxygen atoms in total. The Hall–Kier alpha value is -1.92. The van der Waals surface area contributed by atoms with Crippen LogP contribution in [0.15, 0.2) is 30.6 Å². The number of aliphatic hydroxyl groups is 1. The van der Waals surface area contributed by atoms with Gasteiger partial charge in [0.2, 0.25) is 0 Å². The van der Waals surface area contributed by atoms with Crippen LogP contribution in [0.1, 0.15) is 11.4 Å². The number of aliphatic hydroxyl groups excluding tert-OH is 1. The lowest BCUT2D eigenvalue weighted by Crippen LogP contribution is -2.06. The Morgan fingerprint density at radius 1 is 1.50 bits per heavy atom. The zero-order valence-corrected chi connectivity index (χ0v) is 10.0. The van der Waals surface area contributed by atoms with E-state index in [1.165, 1.54) is 12.3 Å². The molecule has 0 fully saturated rings. The summed E-state index contributed by atoms with van der Waals surface area (Å²) >= 11 is 5.74. The third-order valence-corrected chi connectivity index (χ3v) is 2.76. The van der Waals surface area contributed by atoms with Crippen molar-refractivity contribution in [3.8, 4) is 0 Å². The average molecular weight is 268 g/mol. The summed E-state index contributed by atoms with van der Waals surface area (Å²) < 4.78 is 1.65. The molecule has 1 N–H and O–H groups in total. The molecular weight excluding hydrogens is 258 g/mol. The fourth-order valence-corrected chi connectivity index (χ4v) is 1.83. The molecular formula is C11H10ClN3O3. The van der Waals surface area contributed by atoms with E-state index in [2.05, 4.69) is 4.98 Å². The van der Waals surface area contributed by atoms with E-state index in [1.54, 1.807) is 22.9 Å². The maximum Gasteiger partial charge on any atom is 0.275 e. The minimum atomic E-state index is -0.475. The van der Waals surface area contributed by atoms with Gasteiger partial charge in [0.15, 0.2) is 0 Å². The highest BCUT2D eigenvalue weighted by Gasteiger charge is 2.15. The number of nitrogens with zero attached hydrogens (tertiary/aromatic N) is 3. The predicted octanol–water partition coefficient (Wildman–Crippen LogP) is 1.99. The molecule has 94 valence electrons. The number of benzene rings is 1. The molecule has 1 aromatic carbocycles. The van der Waals surface area contributed by atoms with Crippen LogP contribution in [0, 0.1) is 10.1 Å². The van der Waals surface area contributed by atoms with Crippen molar-refractivity contribution in [3.05, 3.63) is 57.1 Å². The van der Waals surface area contributed by atoms with E-state index < -0.39 is 4.92 Å². The zero-order chi connectivity index (χ0) is 13.1. The fraction of sp³-hybridized carbons (Fsp3) is 0.182. The highest BCUT2D eigenvalue weighted by molar-refractivity contribution is 6.30. The molecule has 0 saturated heterocycles. The molecule has 2 rings (SSSR count). The molecule has 1 heterocycles. The summed E-state index contributed by atoms with van der Waals surface area (Å²) in [5.41, 5.74) is 0.470. The summed E-state index contributed by atoms with van der Waals surface area (Å²) in [6, 6.07) is 4.51. The lowest BCUT2D eigenvalue weighted by molar-refractivity contribution is -0.385. The second kappa shape index (κ2) is 5.16.